The SMILES string of the molecule is CC(C)c1cncc(NS(C)(=O)=O)c1. The van der Waals surface area contributed by atoms with Crippen molar-refractivity contribution in [3.05, 3.63) is 24.0 Å². The molecule has 78 valence electrons. The lowest BCUT2D eigenvalue weighted by atomic mass is 10.1. The Bertz CT molecular complexity index is 413. The Morgan fingerprint density at radius 2 is 2.00 bits per heavy atom. The first-order chi connectivity index (χ1) is 6.38. The maximum atomic E-state index is 10.9. The van der Waals surface area contributed by atoms with Gasteiger partial charge in [0.25, 0.3) is 0 Å². The fourth-order valence-corrected chi connectivity index (χ4v) is 1.58. The minimum absolute atomic E-state index is 0.337. The Hall–Kier alpha value is -1.10. The third kappa shape index (κ3) is 3.33. The Kier molecular flexibility index (Phi) is 3.10. The fraction of sp³-hybridized carbons (Fsp3) is 0.444. The summed E-state index contributed by atoms with van der Waals surface area (Å²) in [4.78, 5) is 3.96. The molecule has 0 fully saturated rings. The molecular weight excluding hydrogens is 200 g/mol. The van der Waals surface area contributed by atoms with Crippen LogP contribution < -0.4 is 4.72 Å². The molecule has 0 saturated heterocycles. The maximum Gasteiger partial charge on any atom is 0.229 e. The molecule has 0 bridgehead atoms. The number of hydrogen-bond donors (Lipinski definition) is 1. The smallest absolute Gasteiger partial charge is 0.229 e. The summed E-state index contributed by atoms with van der Waals surface area (Å²) >= 11 is 0. The van der Waals surface area contributed by atoms with Crippen molar-refractivity contribution >= 4 is 15.7 Å². The predicted molar refractivity (Wildman–Crippen MR) is 56.8 cm³/mol. The van der Waals surface area contributed by atoms with Gasteiger partial charge >= 0.3 is 0 Å². The summed E-state index contributed by atoms with van der Waals surface area (Å²) in [5.74, 6) is 0.337. The average molecular weight is 214 g/mol. The molecule has 1 heterocycles. The van der Waals surface area contributed by atoms with Gasteiger partial charge in [0.2, 0.25) is 10.0 Å². The standard InChI is InChI=1S/C9H14N2O2S/c1-7(2)8-4-9(6-10-5-8)11-14(3,12)13/h4-7,11H,1-3H3. The summed E-state index contributed by atoms with van der Waals surface area (Å²) < 4.78 is 24.3. The van der Waals surface area contributed by atoms with E-state index in [4.69, 9.17) is 0 Å². The summed E-state index contributed by atoms with van der Waals surface area (Å²) in [6.45, 7) is 4.06. The van der Waals surface area contributed by atoms with Gasteiger partial charge in [0, 0.05) is 6.20 Å². The largest absolute Gasteiger partial charge is 0.282 e. The molecule has 0 aliphatic carbocycles. The highest BCUT2D eigenvalue weighted by Gasteiger charge is 2.04. The van der Waals surface area contributed by atoms with Crippen molar-refractivity contribution in [2.75, 3.05) is 11.0 Å². The summed E-state index contributed by atoms with van der Waals surface area (Å²) in [6, 6.07) is 1.79. The minimum atomic E-state index is -3.21. The van der Waals surface area contributed by atoms with Crippen molar-refractivity contribution in [1.29, 1.82) is 0 Å². The number of sulfonamides is 1. The van der Waals surface area contributed by atoms with E-state index in [9.17, 15) is 8.42 Å². The molecule has 0 saturated carbocycles. The van der Waals surface area contributed by atoms with Crippen molar-refractivity contribution in [2.24, 2.45) is 0 Å². The van der Waals surface area contributed by atoms with Gasteiger partial charge in [-0.05, 0) is 17.5 Å². The van der Waals surface area contributed by atoms with Crippen LogP contribution in [0.2, 0.25) is 0 Å². The molecule has 0 unspecified atom stereocenters. The normalized spacial score (nSPS) is 11.7. The first-order valence-corrected chi connectivity index (χ1v) is 6.20. The highest BCUT2D eigenvalue weighted by molar-refractivity contribution is 7.92. The van der Waals surface area contributed by atoms with Gasteiger partial charge in [-0.25, -0.2) is 8.42 Å². The van der Waals surface area contributed by atoms with E-state index in [-0.39, 0.29) is 0 Å². The zero-order valence-corrected chi connectivity index (χ0v) is 9.30. The van der Waals surface area contributed by atoms with Gasteiger partial charge in [0.1, 0.15) is 0 Å². The van der Waals surface area contributed by atoms with E-state index < -0.39 is 10.0 Å². The number of pyridine rings is 1. The van der Waals surface area contributed by atoms with Gasteiger partial charge in [-0.2, -0.15) is 0 Å². The molecule has 5 heteroatoms. The van der Waals surface area contributed by atoms with Crippen LogP contribution in [0.3, 0.4) is 0 Å². The first-order valence-electron chi connectivity index (χ1n) is 4.31. The average Bonchev–Trinajstić information content (AvgIpc) is 2.01. The lowest BCUT2D eigenvalue weighted by molar-refractivity contribution is 0.607. The number of anilines is 1. The molecule has 1 aromatic heterocycles. The Balaban J connectivity index is 2.95. The van der Waals surface area contributed by atoms with Crippen LogP contribution in [0.1, 0.15) is 25.3 Å². The molecule has 14 heavy (non-hydrogen) atoms. The van der Waals surface area contributed by atoms with Crippen LogP contribution >= 0.6 is 0 Å². The third-order valence-electron chi connectivity index (χ3n) is 1.73. The summed E-state index contributed by atoms with van der Waals surface area (Å²) in [6.07, 6.45) is 4.35. The van der Waals surface area contributed by atoms with Crippen molar-refractivity contribution in [1.82, 2.24) is 4.98 Å². The zero-order valence-electron chi connectivity index (χ0n) is 8.48. The van der Waals surface area contributed by atoms with Crippen molar-refractivity contribution in [3.8, 4) is 0 Å². The molecule has 0 radical (unpaired) electrons. The Morgan fingerprint density at radius 1 is 1.36 bits per heavy atom. The van der Waals surface area contributed by atoms with Crippen LogP contribution in [-0.2, 0) is 10.0 Å². The number of aromatic nitrogens is 1. The summed E-state index contributed by atoms with van der Waals surface area (Å²) in [5, 5.41) is 0. The predicted octanol–water partition coefficient (Wildman–Crippen LogP) is 1.58. The van der Waals surface area contributed by atoms with E-state index in [1.165, 1.54) is 6.20 Å². The topological polar surface area (TPSA) is 59.1 Å². The highest BCUT2D eigenvalue weighted by atomic mass is 32.2. The van der Waals surface area contributed by atoms with E-state index in [1.807, 2.05) is 13.8 Å². The van der Waals surface area contributed by atoms with Crippen LogP contribution in [0, 0.1) is 0 Å². The highest BCUT2D eigenvalue weighted by Crippen LogP contribution is 2.17. The second-order valence-electron chi connectivity index (χ2n) is 3.54. The van der Waals surface area contributed by atoms with Crippen molar-refractivity contribution in [2.45, 2.75) is 19.8 Å². The maximum absolute atomic E-state index is 10.9. The molecule has 0 aliphatic heterocycles. The van der Waals surface area contributed by atoms with E-state index in [1.54, 1.807) is 12.3 Å². The van der Waals surface area contributed by atoms with Crippen LogP contribution in [0.15, 0.2) is 18.5 Å². The summed E-state index contributed by atoms with van der Waals surface area (Å²) in [5.41, 5.74) is 1.53. The second kappa shape index (κ2) is 3.96. The zero-order chi connectivity index (χ0) is 10.8. The van der Waals surface area contributed by atoms with E-state index in [0.29, 0.717) is 11.6 Å². The van der Waals surface area contributed by atoms with Gasteiger partial charge < -0.3 is 0 Å². The van der Waals surface area contributed by atoms with Crippen LogP contribution in [0.25, 0.3) is 0 Å². The Morgan fingerprint density at radius 3 is 2.50 bits per heavy atom. The molecule has 1 aromatic rings. The van der Waals surface area contributed by atoms with E-state index >= 15 is 0 Å². The molecule has 0 spiro atoms. The molecule has 4 nitrogen and oxygen atoms in total. The molecule has 0 atom stereocenters. The molecule has 1 rings (SSSR count). The molecule has 0 aliphatic rings. The van der Waals surface area contributed by atoms with Gasteiger partial charge in [-0.1, -0.05) is 13.8 Å². The molecular formula is C9H14N2O2S. The Labute approximate surface area is 84.4 Å². The molecule has 1 N–H and O–H groups in total. The van der Waals surface area contributed by atoms with Crippen molar-refractivity contribution < 1.29 is 8.42 Å². The van der Waals surface area contributed by atoms with Gasteiger partial charge in [0.05, 0.1) is 18.1 Å². The van der Waals surface area contributed by atoms with Gasteiger partial charge in [0.15, 0.2) is 0 Å². The quantitative estimate of drug-likeness (QED) is 0.831. The van der Waals surface area contributed by atoms with E-state index in [2.05, 4.69) is 9.71 Å². The van der Waals surface area contributed by atoms with Crippen molar-refractivity contribution in [3.63, 3.8) is 0 Å². The van der Waals surface area contributed by atoms with Crippen LogP contribution in [0.4, 0.5) is 5.69 Å². The van der Waals surface area contributed by atoms with Gasteiger partial charge in [-0.3, -0.25) is 9.71 Å². The third-order valence-corrected chi connectivity index (χ3v) is 2.34. The van der Waals surface area contributed by atoms with E-state index in [0.717, 1.165) is 11.8 Å². The first kappa shape index (κ1) is 11.0. The number of nitrogens with zero attached hydrogens (tertiary/aromatic N) is 1. The minimum Gasteiger partial charge on any atom is -0.282 e. The number of hydrogen-bond acceptors (Lipinski definition) is 3. The molecule has 0 aromatic carbocycles. The summed E-state index contributed by atoms with van der Waals surface area (Å²) in [7, 11) is -3.21. The number of nitrogens with one attached hydrogen (secondary N) is 1. The van der Waals surface area contributed by atoms with Crippen LogP contribution in [0.5, 0.6) is 0 Å². The number of rotatable bonds is 3. The second-order valence-corrected chi connectivity index (χ2v) is 5.28. The monoisotopic (exact) mass is 214 g/mol. The fourth-order valence-electron chi connectivity index (χ4n) is 1.04. The van der Waals surface area contributed by atoms with Crippen LogP contribution in [-0.4, -0.2) is 19.7 Å². The molecule has 0 amide bonds. The lowest BCUT2D eigenvalue weighted by Gasteiger charge is -2.07. The van der Waals surface area contributed by atoms with Gasteiger partial charge in [-0.15, -0.1) is 0 Å². The lowest BCUT2D eigenvalue weighted by Crippen LogP contribution is -2.10.